The lowest BCUT2D eigenvalue weighted by Gasteiger charge is -2.56. The van der Waals surface area contributed by atoms with E-state index < -0.39 is 11.8 Å². The van der Waals surface area contributed by atoms with E-state index in [0.29, 0.717) is 30.1 Å². The van der Waals surface area contributed by atoms with Gasteiger partial charge in [0.15, 0.2) is 0 Å². The van der Waals surface area contributed by atoms with E-state index in [1.807, 2.05) is 6.92 Å². The lowest BCUT2D eigenvalue weighted by molar-refractivity contribution is -0.131. The summed E-state index contributed by atoms with van der Waals surface area (Å²) < 4.78 is 14.7. The maximum atomic E-state index is 14.7. The molecule has 0 aliphatic heterocycles. The number of Topliss-reactive ketones (excluding diaryl/α,β-unsaturated/α-hetero) is 1. The molecule has 0 aromatic carbocycles. The van der Waals surface area contributed by atoms with Crippen molar-refractivity contribution in [3.63, 3.8) is 0 Å². The van der Waals surface area contributed by atoms with Crippen LogP contribution in [-0.2, 0) is 4.79 Å². The Morgan fingerprint density at radius 2 is 1.75 bits per heavy atom. The second-order valence-electron chi connectivity index (χ2n) is 10.1. The van der Waals surface area contributed by atoms with Gasteiger partial charge in [-0.15, -0.1) is 0 Å². The minimum atomic E-state index is -0.930. The molecule has 1 unspecified atom stereocenters. The third-order valence-corrected chi connectivity index (χ3v) is 8.66. The van der Waals surface area contributed by atoms with Crippen molar-refractivity contribution in [2.24, 2.45) is 40.9 Å². The van der Waals surface area contributed by atoms with Gasteiger partial charge in [0.25, 0.3) is 0 Å². The Morgan fingerprint density at radius 1 is 1.04 bits per heavy atom. The van der Waals surface area contributed by atoms with Gasteiger partial charge in [0.05, 0.1) is 11.5 Å². The number of fused-ring (bicyclic) bond motifs is 5. The van der Waals surface area contributed by atoms with Gasteiger partial charge in [-0.2, -0.15) is 0 Å². The predicted octanol–water partition coefficient (Wildman–Crippen LogP) is 4.54. The Labute approximate surface area is 145 Å². The first-order valence-corrected chi connectivity index (χ1v) is 10.1. The summed E-state index contributed by atoms with van der Waals surface area (Å²) in [5, 5.41) is 10.4. The van der Waals surface area contributed by atoms with Crippen LogP contribution in [0.1, 0.15) is 72.1 Å². The summed E-state index contributed by atoms with van der Waals surface area (Å²) in [5.74, 6) is 2.78. The van der Waals surface area contributed by atoms with Crippen molar-refractivity contribution in [2.45, 2.75) is 83.9 Å². The first-order chi connectivity index (χ1) is 11.2. The van der Waals surface area contributed by atoms with Crippen LogP contribution < -0.4 is 0 Å². The normalized spacial score (nSPS) is 57.0. The van der Waals surface area contributed by atoms with E-state index in [0.717, 1.165) is 38.0 Å². The molecular formula is C21H33FO2. The molecule has 4 aliphatic rings. The average molecular weight is 336 g/mol. The number of aliphatic hydroxyl groups is 1. The van der Waals surface area contributed by atoms with Gasteiger partial charge in [-0.1, -0.05) is 6.92 Å². The molecule has 0 heterocycles. The number of ketones is 1. The summed E-state index contributed by atoms with van der Waals surface area (Å²) in [6, 6.07) is 0. The fourth-order valence-electron chi connectivity index (χ4n) is 7.77. The van der Waals surface area contributed by atoms with Gasteiger partial charge < -0.3 is 5.11 Å². The zero-order valence-electron chi connectivity index (χ0n) is 15.4. The minimum Gasteiger partial charge on any atom is -0.390 e. The van der Waals surface area contributed by atoms with Crippen LogP contribution in [0, 0.1) is 40.9 Å². The highest BCUT2D eigenvalue weighted by atomic mass is 19.1. The van der Waals surface area contributed by atoms with Crippen LogP contribution in [0.15, 0.2) is 0 Å². The SMILES string of the molecule is CC(=O)[C@H]1[C@H](F)C[C@H]2[C@@H]3CCC4C[C@](C)(O)CC[C@@H]4[C@H]3CC[C@@]21C. The van der Waals surface area contributed by atoms with Crippen molar-refractivity contribution in [2.75, 3.05) is 0 Å². The van der Waals surface area contributed by atoms with Gasteiger partial charge in [-0.05, 0) is 100 Å². The maximum Gasteiger partial charge on any atom is 0.136 e. The van der Waals surface area contributed by atoms with Crippen LogP contribution in [0.4, 0.5) is 4.39 Å². The molecule has 4 saturated carbocycles. The molecule has 4 rings (SSSR count). The van der Waals surface area contributed by atoms with E-state index >= 15 is 0 Å². The smallest absolute Gasteiger partial charge is 0.136 e. The number of carbonyl (C=O) groups excluding carboxylic acids is 1. The molecule has 4 aliphatic carbocycles. The predicted molar refractivity (Wildman–Crippen MR) is 92.2 cm³/mol. The Hall–Kier alpha value is -0.440. The molecular weight excluding hydrogens is 303 g/mol. The van der Waals surface area contributed by atoms with E-state index in [-0.39, 0.29) is 17.1 Å². The fourth-order valence-corrected chi connectivity index (χ4v) is 7.77. The molecule has 0 bridgehead atoms. The Kier molecular flexibility index (Phi) is 3.91. The van der Waals surface area contributed by atoms with Crippen molar-refractivity contribution in [1.82, 2.24) is 0 Å². The molecule has 1 N–H and O–H groups in total. The number of rotatable bonds is 1. The summed E-state index contributed by atoms with van der Waals surface area (Å²) in [4.78, 5) is 12.1. The summed E-state index contributed by atoms with van der Waals surface area (Å²) in [7, 11) is 0. The second kappa shape index (κ2) is 5.53. The van der Waals surface area contributed by atoms with Gasteiger partial charge in [-0.3, -0.25) is 4.79 Å². The third-order valence-electron chi connectivity index (χ3n) is 8.66. The first-order valence-electron chi connectivity index (χ1n) is 10.1. The largest absolute Gasteiger partial charge is 0.390 e. The van der Waals surface area contributed by atoms with Crippen molar-refractivity contribution in [1.29, 1.82) is 0 Å². The first kappa shape index (κ1) is 17.0. The highest BCUT2D eigenvalue weighted by Crippen LogP contribution is 2.65. The van der Waals surface area contributed by atoms with E-state index in [1.165, 1.54) is 12.8 Å². The fraction of sp³-hybridized carbons (Fsp3) is 0.952. The van der Waals surface area contributed by atoms with Crippen LogP contribution >= 0.6 is 0 Å². The van der Waals surface area contributed by atoms with Crippen molar-refractivity contribution in [3.8, 4) is 0 Å². The van der Waals surface area contributed by atoms with Gasteiger partial charge in [0.1, 0.15) is 12.0 Å². The molecule has 3 heteroatoms. The van der Waals surface area contributed by atoms with Gasteiger partial charge >= 0.3 is 0 Å². The van der Waals surface area contributed by atoms with Gasteiger partial charge in [0, 0.05) is 0 Å². The van der Waals surface area contributed by atoms with Crippen molar-refractivity contribution in [3.05, 3.63) is 0 Å². The summed E-state index contributed by atoms with van der Waals surface area (Å²) in [6.45, 7) is 5.80. The maximum absolute atomic E-state index is 14.7. The van der Waals surface area contributed by atoms with Crippen LogP contribution in [-0.4, -0.2) is 22.7 Å². The molecule has 0 radical (unpaired) electrons. The van der Waals surface area contributed by atoms with Crippen molar-refractivity contribution >= 4 is 5.78 Å². The Morgan fingerprint density at radius 3 is 2.46 bits per heavy atom. The van der Waals surface area contributed by atoms with Gasteiger partial charge in [-0.25, -0.2) is 4.39 Å². The summed E-state index contributed by atoms with van der Waals surface area (Å²) in [6.07, 6.45) is 7.23. The van der Waals surface area contributed by atoms with Crippen LogP contribution in [0.2, 0.25) is 0 Å². The number of carbonyl (C=O) groups is 1. The Balaban J connectivity index is 1.58. The molecule has 0 spiro atoms. The van der Waals surface area contributed by atoms with Crippen LogP contribution in [0.25, 0.3) is 0 Å². The molecule has 9 atom stereocenters. The molecule has 0 saturated heterocycles. The molecule has 4 fully saturated rings. The number of hydrogen-bond donors (Lipinski definition) is 1. The number of alkyl halides is 1. The lowest BCUT2D eigenvalue weighted by atomic mass is 9.49. The molecule has 2 nitrogen and oxygen atoms in total. The Bertz CT molecular complexity index is 530. The van der Waals surface area contributed by atoms with E-state index in [9.17, 15) is 14.3 Å². The van der Waals surface area contributed by atoms with Gasteiger partial charge in [0.2, 0.25) is 0 Å². The lowest BCUT2D eigenvalue weighted by Crippen LogP contribution is -2.51. The summed E-state index contributed by atoms with van der Waals surface area (Å²) >= 11 is 0. The van der Waals surface area contributed by atoms with Crippen LogP contribution in [0.5, 0.6) is 0 Å². The van der Waals surface area contributed by atoms with Crippen molar-refractivity contribution < 1.29 is 14.3 Å². The topological polar surface area (TPSA) is 37.3 Å². The number of hydrogen-bond acceptors (Lipinski definition) is 2. The quantitative estimate of drug-likeness (QED) is 0.763. The van der Waals surface area contributed by atoms with E-state index in [4.69, 9.17) is 0 Å². The minimum absolute atomic E-state index is 0.0633. The highest BCUT2D eigenvalue weighted by Gasteiger charge is 2.61. The van der Waals surface area contributed by atoms with E-state index in [1.54, 1.807) is 6.92 Å². The summed E-state index contributed by atoms with van der Waals surface area (Å²) in [5.41, 5.74) is -0.590. The zero-order valence-corrected chi connectivity index (χ0v) is 15.4. The zero-order chi connectivity index (χ0) is 17.3. The monoisotopic (exact) mass is 336 g/mol. The molecule has 0 aromatic heterocycles. The molecule has 24 heavy (non-hydrogen) atoms. The second-order valence-corrected chi connectivity index (χ2v) is 10.1. The van der Waals surface area contributed by atoms with Crippen LogP contribution in [0.3, 0.4) is 0 Å². The average Bonchev–Trinajstić information content (AvgIpc) is 2.76. The standard InChI is InChI=1S/C21H33FO2/c1-12(23)19-18(22)10-17-16-5-4-13-11-20(2,24)8-6-14(13)15(16)7-9-21(17,19)3/h13-19,24H,4-11H2,1-3H3/t13?,14-,15+,16+,17-,18+,19-,20+,21-/m0/s1. The third kappa shape index (κ3) is 2.40. The molecule has 0 amide bonds. The molecule has 136 valence electrons. The van der Waals surface area contributed by atoms with E-state index in [2.05, 4.69) is 6.92 Å². The highest BCUT2D eigenvalue weighted by molar-refractivity contribution is 5.80. The molecule has 0 aromatic rings. The number of halogens is 1.